The van der Waals surface area contributed by atoms with Crippen LogP contribution in [0.3, 0.4) is 0 Å². The molecule has 4 aromatic rings. The van der Waals surface area contributed by atoms with Gasteiger partial charge in [0.2, 0.25) is 0 Å². The van der Waals surface area contributed by atoms with Crippen LogP contribution in [0.2, 0.25) is 0 Å². The molecule has 0 saturated heterocycles. The highest BCUT2D eigenvalue weighted by atomic mass is 32.1. The van der Waals surface area contributed by atoms with E-state index in [9.17, 15) is 14.0 Å². The van der Waals surface area contributed by atoms with Crippen molar-refractivity contribution in [1.82, 2.24) is 4.57 Å². The van der Waals surface area contributed by atoms with Crippen molar-refractivity contribution in [3.8, 4) is 17.2 Å². The molecule has 0 bridgehead atoms. The molecule has 0 radical (unpaired) electrons. The second kappa shape index (κ2) is 13.1. The SMILES string of the molecule is CCOC(=O)C1=C(C)N=c2sc(=Cc3ccc(OCc4ccc(F)cc4)c(OCC)c3)c(=O)n2[C@H]1c1ccc(OC)cc1. The summed E-state index contributed by atoms with van der Waals surface area (Å²) in [5.41, 5.74) is 2.80. The van der Waals surface area contributed by atoms with Crippen molar-refractivity contribution in [1.29, 1.82) is 0 Å². The molecular weight excluding hydrogens is 571 g/mol. The number of ether oxygens (including phenoxy) is 4. The summed E-state index contributed by atoms with van der Waals surface area (Å²) in [7, 11) is 1.58. The van der Waals surface area contributed by atoms with E-state index in [1.54, 1.807) is 68.0 Å². The number of nitrogens with zero attached hydrogens (tertiary/aromatic N) is 2. The molecule has 8 nitrogen and oxygen atoms in total. The molecule has 0 amide bonds. The number of rotatable bonds is 10. The Bertz CT molecular complexity index is 1840. The molecule has 0 unspecified atom stereocenters. The molecule has 43 heavy (non-hydrogen) atoms. The monoisotopic (exact) mass is 602 g/mol. The summed E-state index contributed by atoms with van der Waals surface area (Å²) in [4.78, 5) is 32.1. The number of carbonyl (C=O) groups is 1. The zero-order valence-corrected chi connectivity index (χ0v) is 25.1. The summed E-state index contributed by atoms with van der Waals surface area (Å²) in [5, 5.41) is 0. The Labute approximate surface area is 252 Å². The topological polar surface area (TPSA) is 88.4 Å². The lowest BCUT2D eigenvalue weighted by molar-refractivity contribution is -0.139. The first-order valence-electron chi connectivity index (χ1n) is 13.8. The lowest BCUT2D eigenvalue weighted by Crippen LogP contribution is -2.39. The first-order chi connectivity index (χ1) is 20.8. The summed E-state index contributed by atoms with van der Waals surface area (Å²) in [5.74, 6) is 0.874. The third-order valence-electron chi connectivity index (χ3n) is 6.82. The summed E-state index contributed by atoms with van der Waals surface area (Å²) < 4.78 is 37.7. The molecule has 0 saturated carbocycles. The molecule has 222 valence electrons. The molecular formula is C33H31FN2O6S. The van der Waals surface area contributed by atoms with Gasteiger partial charge in [0.1, 0.15) is 18.2 Å². The normalized spacial score (nSPS) is 14.6. The van der Waals surface area contributed by atoms with E-state index >= 15 is 0 Å². The van der Waals surface area contributed by atoms with Gasteiger partial charge in [0.25, 0.3) is 5.56 Å². The number of hydrogen-bond donors (Lipinski definition) is 0. The number of halogens is 1. The summed E-state index contributed by atoms with van der Waals surface area (Å²) >= 11 is 1.24. The molecule has 2 heterocycles. The molecule has 0 N–H and O–H groups in total. The minimum absolute atomic E-state index is 0.196. The van der Waals surface area contributed by atoms with E-state index in [-0.39, 0.29) is 24.6 Å². The van der Waals surface area contributed by atoms with Crippen LogP contribution in [0.5, 0.6) is 17.2 Å². The van der Waals surface area contributed by atoms with Crippen molar-refractivity contribution >= 4 is 23.4 Å². The van der Waals surface area contributed by atoms with Gasteiger partial charge in [-0.1, -0.05) is 41.7 Å². The van der Waals surface area contributed by atoms with Crippen LogP contribution in [0.4, 0.5) is 4.39 Å². The second-order valence-electron chi connectivity index (χ2n) is 9.63. The number of thiazole rings is 1. The highest BCUT2D eigenvalue weighted by Gasteiger charge is 2.33. The molecule has 0 aliphatic carbocycles. The minimum atomic E-state index is -0.718. The molecule has 0 fully saturated rings. The van der Waals surface area contributed by atoms with Gasteiger partial charge in [-0.3, -0.25) is 9.36 Å². The lowest BCUT2D eigenvalue weighted by atomic mass is 9.96. The van der Waals surface area contributed by atoms with Crippen molar-refractivity contribution < 1.29 is 28.1 Å². The maximum Gasteiger partial charge on any atom is 0.338 e. The molecule has 3 aromatic carbocycles. The van der Waals surface area contributed by atoms with E-state index in [4.69, 9.17) is 18.9 Å². The fourth-order valence-corrected chi connectivity index (χ4v) is 5.83. The van der Waals surface area contributed by atoms with Crippen LogP contribution < -0.4 is 29.1 Å². The number of benzene rings is 3. The van der Waals surface area contributed by atoms with Crippen molar-refractivity contribution in [2.75, 3.05) is 20.3 Å². The van der Waals surface area contributed by atoms with Gasteiger partial charge in [-0.25, -0.2) is 14.2 Å². The highest BCUT2D eigenvalue weighted by Crippen LogP contribution is 2.32. The Morgan fingerprint density at radius 2 is 1.74 bits per heavy atom. The number of esters is 1. The fraction of sp³-hybridized carbons (Fsp3) is 0.242. The van der Waals surface area contributed by atoms with Gasteiger partial charge < -0.3 is 18.9 Å². The van der Waals surface area contributed by atoms with E-state index in [0.717, 1.165) is 16.7 Å². The fourth-order valence-electron chi connectivity index (χ4n) is 4.79. The van der Waals surface area contributed by atoms with E-state index in [0.29, 0.717) is 44.5 Å². The molecule has 0 spiro atoms. The molecule has 1 aliphatic heterocycles. The Morgan fingerprint density at radius 3 is 2.42 bits per heavy atom. The van der Waals surface area contributed by atoms with Crippen LogP contribution in [0, 0.1) is 5.82 Å². The zero-order valence-electron chi connectivity index (χ0n) is 24.3. The smallest absolute Gasteiger partial charge is 0.338 e. The Morgan fingerprint density at radius 1 is 1.00 bits per heavy atom. The number of allylic oxidation sites excluding steroid dienone is 1. The zero-order chi connectivity index (χ0) is 30.5. The standard InChI is InChI=1S/C33H31FN2O6S/c1-5-40-27-17-22(9-16-26(27)42-19-21-7-12-24(34)13-8-21)18-28-31(37)36-30(23-10-14-25(39-4)15-11-23)29(32(38)41-6-2)20(3)35-33(36)43-28/h7-18,30H,5-6,19H2,1-4H3/t30-/m0/s1. The number of fused-ring (bicyclic) bond motifs is 1. The van der Waals surface area contributed by atoms with Crippen molar-refractivity contribution in [3.63, 3.8) is 0 Å². The van der Waals surface area contributed by atoms with E-state index < -0.39 is 12.0 Å². The maximum absolute atomic E-state index is 13.9. The third kappa shape index (κ3) is 6.39. The molecule has 1 aliphatic rings. The van der Waals surface area contributed by atoms with Crippen LogP contribution >= 0.6 is 11.3 Å². The molecule has 10 heteroatoms. The average molecular weight is 603 g/mol. The van der Waals surface area contributed by atoms with Crippen molar-refractivity contribution in [3.05, 3.63) is 120 Å². The predicted molar refractivity (Wildman–Crippen MR) is 162 cm³/mol. The van der Waals surface area contributed by atoms with Gasteiger partial charge in [-0.05, 0) is 79.9 Å². The van der Waals surface area contributed by atoms with E-state index in [2.05, 4.69) is 4.99 Å². The average Bonchev–Trinajstić information content (AvgIpc) is 3.31. The predicted octanol–water partition coefficient (Wildman–Crippen LogP) is 4.92. The molecule has 1 atom stereocenters. The number of methoxy groups -OCH3 is 1. The largest absolute Gasteiger partial charge is 0.497 e. The number of aromatic nitrogens is 1. The van der Waals surface area contributed by atoms with Crippen LogP contribution in [0.25, 0.3) is 6.08 Å². The van der Waals surface area contributed by atoms with Crippen LogP contribution in [0.15, 0.2) is 87.8 Å². The highest BCUT2D eigenvalue weighted by molar-refractivity contribution is 7.07. The molecule has 5 rings (SSSR count). The van der Waals surface area contributed by atoms with Gasteiger partial charge in [0.15, 0.2) is 16.3 Å². The van der Waals surface area contributed by atoms with Gasteiger partial charge in [-0.2, -0.15) is 0 Å². The van der Waals surface area contributed by atoms with Gasteiger partial charge in [0.05, 0.1) is 42.2 Å². The number of hydrogen-bond acceptors (Lipinski definition) is 8. The first-order valence-corrected chi connectivity index (χ1v) is 14.6. The van der Waals surface area contributed by atoms with Crippen LogP contribution in [-0.4, -0.2) is 30.9 Å². The second-order valence-corrected chi connectivity index (χ2v) is 10.6. The van der Waals surface area contributed by atoms with E-state index in [1.165, 1.54) is 23.5 Å². The quantitative estimate of drug-likeness (QED) is 0.240. The Hall–Kier alpha value is -4.70. The first kappa shape index (κ1) is 29.8. The van der Waals surface area contributed by atoms with E-state index in [1.807, 2.05) is 25.1 Å². The van der Waals surface area contributed by atoms with Gasteiger partial charge in [0, 0.05) is 0 Å². The molecule has 1 aromatic heterocycles. The minimum Gasteiger partial charge on any atom is -0.497 e. The van der Waals surface area contributed by atoms with Crippen LogP contribution in [0.1, 0.15) is 43.5 Å². The van der Waals surface area contributed by atoms with Crippen molar-refractivity contribution in [2.45, 2.75) is 33.4 Å². The maximum atomic E-state index is 13.9. The summed E-state index contributed by atoms with van der Waals surface area (Å²) in [6.07, 6.45) is 1.77. The van der Waals surface area contributed by atoms with Gasteiger partial charge in [-0.15, -0.1) is 0 Å². The van der Waals surface area contributed by atoms with Crippen LogP contribution in [-0.2, 0) is 16.1 Å². The Kier molecular flexibility index (Phi) is 9.06. The number of carbonyl (C=O) groups excluding carboxylic acids is 1. The summed E-state index contributed by atoms with van der Waals surface area (Å²) in [6.45, 7) is 6.21. The third-order valence-corrected chi connectivity index (χ3v) is 7.80. The summed E-state index contributed by atoms with van der Waals surface area (Å²) in [6, 6.07) is 18.0. The van der Waals surface area contributed by atoms with Gasteiger partial charge >= 0.3 is 5.97 Å². The lowest BCUT2D eigenvalue weighted by Gasteiger charge is -2.24. The Balaban J connectivity index is 1.54. The van der Waals surface area contributed by atoms with Crippen molar-refractivity contribution in [2.24, 2.45) is 4.99 Å².